The Bertz CT molecular complexity index is 427. The van der Waals surface area contributed by atoms with Gasteiger partial charge in [-0.15, -0.1) is 0 Å². The number of amides is 2. The van der Waals surface area contributed by atoms with Crippen LogP contribution in [0.25, 0.3) is 0 Å². The molecule has 1 aromatic rings. The molecule has 0 aliphatic carbocycles. The third kappa shape index (κ3) is 3.53. The highest BCUT2D eigenvalue weighted by Gasteiger charge is 2.20. The number of nitrogen functional groups attached to an aromatic ring is 1. The molecule has 2 rings (SSSR count). The van der Waals surface area contributed by atoms with Gasteiger partial charge in [0, 0.05) is 44.1 Å². The number of hydrogen-bond acceptors (Lipinski definition) is 3. The number of urea groups is 1. The Labute approximate surface area is 114 Å². The number of piperazine rings is 1. The van der Waals surface area contributed by atoms with Gasteiger partial charge in [0.25, 0.3) is 0 Å². The first kappa shape index (κ1) is 13.5. The van der Waals surface area contributed by atoms with E-state index in [4.69, 9.17) is 5.73 Å². The summed E-state index contributed by atoms with van der Waals surface area (Å²) < 4.78 is 0. The molecule has 0 unspecified atom stereocenters. The molecule has 1 aliphatic rings. The first-order valence-corrected chi connectivity index (χ1v) is 6.84. The number of nitrogens with zero attached hydrogens (tertiary/aromatic N) is 2. The number of anilines is 2. The van der Waals surface area contributed by atoms with E-state index >= 15 is 0 Å². The lowest BCUT2D eigenvalue weighted by atomic mass is 10.2. The van der Waals surface area contributed by atoms with Crippen molar-refractivity contribution in [3.8, 4) is 0 Å². The maximum absolute atomic E-state index is 11.8. The van der Waals surface area contributed by atoms with Crippen LogP contribution in [0.1, 0.15) is 13.3 Å². The first-order chi connectivity index (χ1) is 9.20. The molecule has 0 bridgehead atoms. The van der Waals surface area contributed by atoms with E-state index in [2.05, 4.69) is 23.2 Å². The van der Waals surface area contributed by atoms with Gasteiger partial charge in [-0.05, 0) is 24.6 Å². The molecule has 19 heavy (non-hydrogen) atoms. The second-order valence-corrected chi connectivity index (χ2v) is 4.80. The standard InChI is InChI=1S/C14H22N4O/c1-2-6-16-14(19)18-9-7-17(8-10-18)13-5-3-4-12(15)11-13/h3-5,11H,2,6-10,15H2,1H3,(H,16,19). The van der Waals surface area contributed by atoms with Gasteiger partial charge in [0.15, 0.2) is 0 Å². The van der Waals surface area contributed by atoms with Crippen molar-refractivity contribution < 1.29 is 4.79 Å². The van der Waals surface area contributed by atoms with E-state index in [1.807, 2.05) is 23.1 Å². The molecular formula is C14H22N4O. The van der Waals surface area contributed by atoms with Crippen LogP contribution >= 0.6 is 0 Å². The summed E-state index contributed by atoms with van der Waals surface area (Å²) in [5, 5.41) is 2.91. The highest BCUT2D eigenvalue weighted by atomic mass is 16.2. The number of nitrogens with one attached hydrogen (secondary N) is 1. The van der Waals surface area contributed by atoms with Crippen molar-refractivity contribution in [2.45, 2.75) is 13.3 Å². The van der Waals surface area contributed by atoms with Crippen molar-refractivity contribution in [1.29, 1.82) is 0 Å². The van der Waals surface area contributed by atoms with Gasteiger partial charge in [0.2, 0.25) is 0 Å². The number of carbonyl (C=O) groups excluding carboxylic acids is 1. The molecular weight excluding hydrogens is 240 g/mol. The molecule has 5 heteroatoms. The van der Waals surface area contributed by atoms with Crippen LogP contribution in [-0.2, 0) is 0 Å². The van der Waals surface area contributed by atoms with E-state index in [9.17, 15) is 4.79 Å². The molecule has 1 saturated heterocycles. The second-order valence-electron chi connectivity index (χ2n) is 4.80. The predicted molar refractivity (Wildman–Crippen MR) is 78.3 cm³/mol. The third-order valence-corrected chi connectivity index (χ3v) is 3.33. The van der Waals surface area contributed by atoms with Crippen LogP contribution in [0.5, 0.6) is 0 Å². The summed E-state index contributed by atoms with van der Waals surface area (Å²) in [7, 11) is 0. The molecule has 0 atom stereocenters. The summed E-state index contributed by atoms with van der Waals surface area (Å²) in [4.78, 5) is 16.0. The quantitative estimate of drug-likeness (QED) is 0.812. The van der Waals surface area contributed by atoms with Gasteiger partial charge >= 0.3 is 6.03 Å². The zero-order valence-electron chi connectivity index (χ0n) is 11.4. The van der Waals surface area contributed by atoms with Crippen molar-refractivity contribution in [2.75, 3.05) is 43.4 Å². The minimum Gasteiger partial charge on any atom is -0.399 e. The van der Waals surface area contributed by atoms with E-state index in [1.165, 1.54) is 0 Å². The Balaban J connectivity index is 1.87. The van der Waals surface area contributed by atoms with E-state index in [-0.39, 0.29) is 6.03 Å². The number of hydrogen-bond donors (Lipinski definition) is 2. The molecule has 1 fully saturated rings. The zero-order valence-corrected chi connectivity index (χ0v) is 11.4. The molecule has 3 N–H and O–H groups in total. The summed E-state index contributed by atoms with van der Waals surface area (Å²) >= 11 is 0. The molecule has 0 aromatic heterocycles. The normalized spacial score (nSPS) is 15.4. The molecule has 0 saturated carbocycles. The Hall–Kier alpha value is -1.91. The number of rotatable bonds is 3. The molecule has 2 amide bonds. The van der Waals surface area contributed by atoms with Gasteiger partial charge < -0.3 is 20.9 Å². The average molecular weight is 262 g/mol. The number of nitrogens with two attached hydrogens (primary N) is 1. The molecule has 0 radical (unpaired) electrons. The second kappa shape index (κ2) is 6.31. The van der Waals surface area contributed by atoms with Crippen LogP contribution in [0.4, 0.5) is 16.2 Å². The average Bonchev–Trinajstić information content (AvgIpc) is 2.45. The summed E-state index contributed by atoms with van der Waals surface area (Å²) in [5.74, 6) is 0. The highest BCUT2D eigenvalue weighted by molar-refractivity contribution is 5.74. The monoisotopic (exact) mass is 262 g/mol. The van der Waals surface area contributed by atoms with E-state index in [1.54, 1.807) is 0 Å². The Kier molecular flexibility index (Phi) is 4.49. The van der Waals surface area contributed by atoms with E-state index in [0.717, 1.165) is 50.5 Å². The largest absolute Gasteiger partial charge is 0.399 e. The van der Waals surface area contributed by atoms with E-state index < -0.39 is 0 Å². The fraction of sp³-hybridized carbons (Fsp3) is 0.500. The lowest BCUT2D eigenvalue weighted by Crippen LogP contribution is -2.52. The van der Waals surface area contributed by atoms with Crippen LogP contribution in [0.3, 0.4) is 0 Å². The highest BCUT2D eigenvalue weighted by Crippen LogP contribution is 2.19. The van der Waals surface area contributed by atoms with Gasteiger partial charge in [-0.3, -0.25) is 0 Å². The maximum atomic E-state index is 11.8. The summed E-state index contributed by atoms with van der Waals surface area (Å²) in [6.45, 7) is 6.01. The fourth-order valence-electron chi connectivity index (χ4n) is 2.23. The van der Waals surface area contributed by atoms with Gasteiger partial charge in [0.05, 0.1) is 0 Å². The van der Waals surface area contributed by atoms with Crippen molar-refractivity contribution in [3.63, 3.8) is 0 Å². The molecule has 1 aliphatic heterocycles. The lowest BCUT2D eigenvalue weighted by Gasteiger charge is -2.36. The predicted octanol–water partition coefficient (Wildman–Crippen LogP) is 1.51. The van der Waals surface area contributed by atoms with Crippen molar-refractivity contribution >= 4 is 17.4 Å². The fourth-order valence-corrected chi connectivity index (χ4v) is 2.23. The molecule has 1 aromatic carbocycles. The Morgan fingerprint density at radius 2 is 2.05 bits per heavy atom. The third-order valence-electron chi connectivity index (χ3n) is 3.33. The topological polar surface area (TPSA) is 61.6 Å². The summed E-state index contributed by atoms with van der Waals surface area (Å²) in [5.41, 5.74) is 7.71. The van der Waals surface area contributed by atoms with Crippen molar-refractivity contribution in [3.05, 3.63) is 24.3 Å². The van der Waals surface area contributed by atoms with Crippen LogP contribution in [0.2, 0.25) is 0 Å². The molecule has 1 heterocycles. The van der Waals surface area contributed by atoms with Gasteiger partial charge in [-0.1, -0.05) is 13.0 Å². The Morgan fingerprint density at radius 3 is 2.68 bits per heavy atom. The Morgan fingerprint density at radius 1 is 1.32 bits per heavy atom. The van der Waals surface area contributed by atoms with Crippen LogP contribution < -0.4 is 16.0 Å². The van der Waals surface area contributed by atoms with Crippen LogP contribution in [0.15, 0.2) is 24.3 Å². The van der Waals surface area contributed by atoms with Gasteiger partial charge in [-0.2, -0.15) is 0 Å². The zero-order chi connectivity index (χ0) is 13.7. The van der Waals surface area contributed by atoms with Crippen LogP contribution in [0, 0.1) is 0 Å². The maximum Gasteiger partial charge on any atom is 0.317 e. The first-order valence-electron chi connectivity index (χ1n) is 6.84. The van der Waals surface area contributed by atoms with Crippen LogP contribution in [-0.4, -0.2) is 43.7 Å². The minimum absolute atomic E-state index is 0.0501. The van der Waals surface area contributed by atoms with E-state index in [0.29, 0.717) is 0 Å². The smallest absolute Gasteiger partial charge is 0.317 e. The lowest BCUT2D eigenvalue weighted by molar-refractivity contribution is 0.194. The molecule has 104 valence electrons. The van der Waals surface area contributed by atoms with Gasteiger partial charge in [-0.25, -0.2) is 4.79 Å². The SMILES string of the molecule is CCCNC(=O)N1CCN(c2cccc(N)c2)CC1. The molecule has 0 spiro atoms. The summed E-state index contributed by atoms with van der Waals surface area (Å²) in [6, 6.07) is 7.94. The van der Waals surface area contributed by atoms with Crippen molar-refractivity contribution in [2.24, 2.45) is 0 Å². The minimum atomic E-state index is 0.0501. The molecule has 5 nitrogen and oxygen atoms in total. The number of benzene rings is 1. The number of carbonyl (C=O) groups is 1. The van der Waals surface area contributed by atoms with Gasteiger partial charge in [0.1, 0.15) is 0 Å². The van der Waals surface area contributed by atoms with Crippen molar-refractivity contribution in [1.82, 2.24) is 10.2 Å². The summed E-state index contributed by atoms with van der Waals surface area (Å²) in [6.07, 6.45) is 0.967.